The number of hydrogen-bond acceptors (Lipinski definition) is 3. The van der Waals surface area contributed by atoms with E-state index in [1.54, 1.807) is 30.3 Å². The van der Waals surface area contributed by atoms with Crippen molar-refractivity contribution in [3.63, 3.8) is 0 Å². The second kappa shape index (κ2) is 8.25. The molecule has 1 aromatic heterocycles. The van der Waals surface area contributed by atoms with Crippen LogP contribution in [0.4, 0.5) is 0 Å². The number of amides is 1. The number of carbonyl (C=O) groups is 1. The Bertz CT molecular complexity index is 1210. The van der Waals surface area contributed by atoms with E-state index in [0.717, 1.165) is 22.1 Å². The van der Waals surface area contributed by atoms with Crippen molar-refractivity contribution in [2.75, 3.05) is 0 Å². The van der Waals surface area contributed by atoms with Gasteiger partial charge in [0.25, 0.3) is 5.56 Å². The molecule has 0 aliphatic heterocycles. The average Bonchev–Trinajstić information content (AvgIpc) is 2.67. The molecule has 6 nitrogen and oxygen atoms in total. The van der Waals surface area contributed by atoms with Crippen LogP contribution in [0.25, 0.3) is 16.6 Å². The fourth-order valence-corrected chi connectivity index (χ4v) is 3.32. The van der Waals surface area contributed by atoms with E-state index < -0.39 is 11.2 Å². The SMILES string of the molecule is CCC(C)NC(=O)Cn1c(=O)n(-c2ccc(C)c(C)c2)c(=O)c2ccc(Cl)cc21. The zero-order valence-electron chi connectivity index (χ0n) is 17.0. The number of fused-ring (bicyclic) bond motifs is 1. The molecule has 1 amide bonds. The molecule has 0 spiro atoms. The Morgan fingerprint density at radius 1 is 1.10 bits per heavy atom. The van der Waals surface area contributed by atoms with E-state index in [1.807, 2.05) is 33.8 Å². The van der Waals surface area contributed by atoms with Gasteiger partial charge < -0.3 is 5.32 Å². The van der Waals surface area contributed by atoms with Crippen LogP contribution in [0.3, 0.4) is 0 Å². The van der Waals surface area contributed by atoms with Crippen LogP contribution in [-0.2, 0) is 11.3 Å². The maximum absolute atomic E-state index is 13.3. The van der Waals surface area contributed by atoms with Crippen molar-refractivity contribution in [3.8, 4) is 5.69 Å². The number of hydrogen-bond donors (Lipinski definition) is 1. The summed E-state index contributed by atoms with van der Waals surface area (Å²) >= 11 is 6.11. The van der Waals surface area contributed by atoms with Crippen LogP contribution in [-0.4, -0.2) is 21.1 Å². The maximum Gasteiger partial charge on any atom is 0.336 e. The smallest absolute Gasteiger partial charge is 0.336 e. The van der Waals surface area contributed by atoms with Gasteiger partial charge in [-0.3, -0.25) is 14.2 Å². The lowest BCUT2D eigenvalue weighted by Crippen LogP contribution is -2.43. The van der Waals surface area contributed by atoms with Crippen molar-refractivity contribution in [2.24, 2.45) is 0 Å². The molecule has 0 bridgehead atoms. The molecule has 3 aromatic rings. The number of nitrogens with one attached hydrogen (secondary N) is 1. The van der Waals surface area contributed by atoms with Gasteiger partial charge in [-0.05, 0) is 68.7 Å². The highest BCUT2D eigenvalue weighted by molar-refractivity contribution is 6.31. The first kappa shape index (κ1) is 20.9. The molecule has 0 aliphatic rings. The van der Waals surface area contributed by atoms with Crippen molar-refractivity contribution in [2.45, 2.75) is 46.7 Å². The second-order valence-electron chi connectivity index (χ2n) is 7.32. The first-order chi connectivity index (χ1) is 13.7. The Morgan fingerprint density at radius 3 is 2.48 bits per heavy atom. The van der Waals surface area contributed by atoms with Gasteiger partial charge in [0, 0.05) is 11.1 Å². The lowest BCUT2D eigenvalue weighted by Gasteiger charge is -2.16. The average molecular weight is 414 g/mol. The van der Waals surface area contributed by atoms with Gasteiger partial charge in [-0.25, -0.2) is 9.36 Å². The van der Waals surface area contributed by atoms with Gasteiger partial charge in [-0.15, -0.1) is 0 Å². The first-order valence-electron chi connectivity index (χ1n) is 9.55. The van der Waals surface area contributed by atoms with Crippen LogP contribution in [0.15, 0.2) is 46.0 Å². The highest BCUT2D eigenvalue weighted by Gasteiger charge is 2.18. The number of benzene rings is 2. The number of halogens is 1. The fraction of sp³-hybridized carbons (Fsp3) is 0.318. The monoisotopic (exact) mass is 413 g/mol. The molecule has 1 N–H and O–H groups in total. The summed E-state index contributed by atoms with van der Waals surface area (Å²) in [7, 11) is 0. The summed E-state index contributed by atoms with van der Waals surface area (Å²) in [6.45, 7) is 7.54. The van der Waals surface area contributed by atoms with Crippen molar-refractivity contribution >= 4 is 28.4 Å². The number of nitrogens with zero attached hydrogens (tertiary/aromatic N) is 2. The maximum atomic E-state index is 13.3. The van der Waals surface area contributed by atoms with E-state index >= 15 is 0 Å². The topological polar surface area (TPSA) is 73.1 Å². The molecule has 1 atom stereocenters. The van der Waals surface area contributed by atoms with E-state index in [0.29, 0.717) is 21.6 Å². The fourth-order valence-electron chi connectivity index (χ4n) is 3.15. The van der Waals surface area contributed by atoms with Crippen LogP contribution in [0.2, 0.25) is 5.02 Å². The van der Waals surface area contributed by atoms with Crippen molar-refractivity contribution in [1.29, 1.82) is 0 Å². The Balaban J connectivity index is 2.27. The molecule has 0 saturated heterocycles. The summed E-state index contributed by atoms with van der Waals surface area (Å²) in [4.78, 5) is 38.9. The second-order valence-corrected chi connectivity index (χ2v) is 7.75. The summed E-state index contributed by atoms with van der Waals surface area (Å²) in [5.74, 6) is -0.298. The third-order valence-corrected chi connectivity index (χ3v) is 5.41. The van der Waals surface area contributed by atoms with E-state index in [-0.39, 0.29) is 18.5 Å². The molecule has 0 fully saturated rings. The number of carbonyl (C=O) groups excluding carboxylic acids is 1. The number of rotatable bonds is 5. The molecule has 2 aromatic carbocycles. The summed E-state index contributed by atoms with van der Waals surface area (Å²) in [6.07, 6.45) is 0.773. The normalized spacial score (nSPS) is 12.2. The zero-order chi connectivity index (χ0) is 21.3. The minimum Gasteiger partial charge on any atom is -0.352 e. The Labute approximate surface area is 173 Å². The largest absolute Gasteiger partial charge is 0.352 e. The lowest BCUT2D eigenvalue weighted by molar-refractivity contribution is -0.122. The van der Waals surface area contributed by atoms with Gasteiger partial charge in [0.1, 0.15) is 6.54 Å². The Hall–Kier alpha value is -2.86. The number of aryl methyl sites for hydroxylation is 2. The predicted molar refractivity (Wildman–Crippen MR) is 116 cm³/mol. The van der Waals surface area contributed by atoms with Crippen LogP contribution >= 0.6 is 11.6 Å². The predicted octanol–water partition coefficient (Wildman–Crippen LogP) is 3.34. The van der Waals surface area contributed by atoms with E-state index in [9.17, 15) is 14.4 Å². The highest BCUT2D eigenvalue weighted by Crippen LogP contribution is 2.17. The van der Waals surface area contributed by atoms with Crippen LogP contribution < -0.4 is 16.6 Å². The van der Waals surface area contributed by atoms with Gasteiger partial charge in [0.2, 0.25) is 5.91 Å². The van der Waals surface area contributed by atoms with Crippen molar-refractivity contribution in [1.82, 2.24) is 14.5 Å². The summed E-state index contributed by atoms with van der Waals surface area (Å²) in [5.41, 5.74) is 1.81. The minimum absolute atomic E-state index is 0.0151. The minimum atomic E-state index is -0.577. The standard InChI is InChI=1S/C22H24ClN3O3/c1-5-15(4)24-20(27)12-25-19-11-16(23)7-9-18(19)21(28)26(22(25)29)17-8-6-13(2)14(3)10-17/h6-11,15H,5,12H2,1-4H3,(H,24,27). The Morgan fingerprint density at radius 2 is 1.83 bits per heavy atom. The summed E-state index contributed by atoms with van der Waals surface area (Å²) < 4.78 is 2.41. The number of aromatic nitrogens is 2. The third-order valence-electron chi connectivity index (χ3n) is 5.18. The first-order valence-corrected chi connectivity index (χ1v) is 9.92. The van der Waals surface area contributed by atoms with E-state index in [2.05, 4.69) is 5.32 Å². The van der Waals surface area contributed by atoms with E-state index in [1.165, 1.54) is 4.57 Å². The highest BCUT2D eigenvalue weighted by atomic mass is 35.5. The third kappa shape index (κ3) is 4.12. The zero-order valence-corrected chi connectivity index (χ0v) is 17.7. The van der Waals surface area contributed by atoms with Gasteiger partial charge in [0.05, 0.1) is 16.6 Å². The van der Waals surface area contributed by atoms with E-state index in [4.69, 9.17) is 11.6 Å². The molecule has 1 heterocycles. The Kier molecular flexibility index (Phi) is 5.94. The quantitative estimate of drug-likeness (QED) is 0.697. The molecule has 3 rings (SSSR count). The molecule has 152 valence electrons. The molecule has 29 heavy (non-hydrogen) atoms. The van der Waals surface area contributed by atoms with Gasteiger partial charge in [-0.1, -0.05) is 24.6 Å². The summed E-state index contributed by atoms with van der Waals surface area (Å²) in [5, 5.41) is 3.56. The molecule has 0 radical (unpaired) electrons. The summed E-state index contributed by atoms with van der Waals surface area (Å²) in [6, 6.07) is 10.1. The van der Waals surface area contributed by atoms with Crippen LogP contribution in [0, 0.1) is 13.8 Å². The van der Waals surface area contributed by atoms with Crippen LogP contribution in [0.1, 0.15) is 31.4 Å². The lowest BCUT2D eigenvalue weighted by atomic mass is 10.1. The van der Waals surface area contributed by atoms with Gasteiger partial charge in [-0.2, -0.15) is 0 Å². The molecular formula is C22H24ClN3O3. The molecular weight excluding hydrogens is 390 g/mol. The van der Waals surface area contributed by atoms with Crippen LogP contribution in [0.5, 0.6) is 0 Å². The molecule has 1 unspecified atom stereocenters. The molecule has 0 saturated carbocycles. The van der Waals surface area contributed by atoms with Gasteiger partial charge in [0.15, 0.2) is 0 Å². The molecule has 0 aliphatic carbocycles. The van der Waals surface area contributed by atoms with Gasteiger partial charge >= 0.3 is 5.69 Å². The van der Waals surface area contributed by atoms with Crippen molar-refractivity contribution in [3.05, 3.63) is 73.4 Å². The van der Waals surface area contributed by atoms with Crippen molar-refractivity contribution < 1.29 is 4.79 Å². The molecule has 7 heteroatoms.